The van der Waals surface area contributed by atoms with E-state index >= 15 is 0 Å². The van der Waals surface area contributed by atoms with E-state index in [1.165, 1.54) is 4.40 Å². The third-order valence-corrected chi connectivity index (χ3v) is 4.49. The van der Waals surface area contributed by atoms with E-state index in [1.807, 2.05) is 60.7 Å². The molecule has 0 aliphatic rings. The minimum absolute atomic E-state index is 0.285. The highest BCUT2D eigenvalue weighted by Crippen LogP contribution is 2.19. The average molecular weight is 340 g/mol. The lowest BCUT2D eigenvalue weighted by molar-refractivity contribution is 0.784. The monoisotopic (exact) mass is 340 g/mol. The molecule has 0 N–H and O–H groups in total. The minimum atomic E-state index is -0.643. The van der Waals surface area contributed by atoms with Crippen molar-refractivity contribution < 1.29 is 0 Å². The van der Waals surface area contributed by atoms with E-state index in [1.54, 1.807) is 12.4 Å². The zero-order chi connectivity index (χ0) is 17.7. The molecule has 0 aliphatic carbocycles. The molecule has 3 heterocycles. The van der Waals surface area contributed by atoms with Crippen molar-refractivity contribution in [3.63, 3.8) is 0 Å². The summed E-state index contributed by atoms with van der Waals surface area (Å²) >= 11 is 0. The van der Waals surface area contributed by atoms with E-state index < -0.39 is 11.4 Å². The van der Waals surface area contributed by atoms with Gasteiger partial charge >= 0.3 is 11.4 Å². The summed E-state index contributed by atoms with van der Waals surface area (Å²) in [5.41, 5.74) is -0.792. The number of fused-ring (bicyclic) bond motifs is 4. The van der Waals surface area contributed by atoms with E-state index in [0.717, 1.165) is 26.1 Å². The highest BCUT2D eigenvalue weighted by molar-refractivity contribution is 5.93. The highest BCUT2D eigenvalue weighted by Gasteiger charge is 2.14. The molecule has 124 valence electrons. The normalized spacial score (nSPS) is 11.4. The van der Waals surface area contributed by atoms with Gasteiger partial charge in [-0.3, -0.25) is 4.40 Å². The van der Waals surface area contributed by atoms with Crippen LogP contribution >= 0.6 is 0 Å². The van der Waals surface area contributed by atoms with Gasteiger partial charge in [0, 0.05) is 23.2 Å². The Labute approximate surface area is 146 Å². The van der Waals surface area contributed by atoms with E-state index in [4.69, 9.17) is 0 Å². The van der Waals surface area contributed by atoms with Crippen LogP contribution in [0, 0.1) is 0 Å². The van der Waals surface area contributed by atoms with Crippen molar-refractivity contribution in [3.05, 3.63) is 94.0 Å². The van der Waals surface area contributed by atoms with Crippen LogP contribution in [0.1, 0.15) is 0 Å². The maximum Gasteiger partial charge on any atom is 0.359 e. The molecular weight excluding hydrogens is 328 g/mol. The van der Waals surface area contributed by atoms with Crippen LogP contribution in [0.3, 0.4) is 0 Å². The molecule has 0 atom stereocenters. The summed E-state index contributed by atoms with van der Waals surface area (Å²) in [4.78, 5) is 34.3. The molecule has 5 aromatic rings. The Morgan fingerprint density at radius 1 is 0.769 bits per heavy atom. The van der Waals surface area contributed by atoms with Crippen LogP contribution < -0.4 is 11.4 Å². The van der Waals surface area contributed by atoms with Gasteiger partial charge in [0.05, 0.1) is 0 Å². The third-order valence-electron chi connectivity index (χ3n) is 4.49. The standard InChI is InChI=1S/C20H12N4O2/c25-19-22-18-16-8-4-2-6-14(16)10-12-23(18)20(26)24(19)17-15-7-3-1-5-13(15)9-11-21-17/h1-12H. The second-order valence-electron chi connectivity index (χ2n) is 5.96. The van der Waals surface area contributed by atoms with Gasteiger partial charge in [0.25, 0.3) is 0 Å². The summed E-state index contributed by atoms with van der Waals surface area (Å²) in [5.74, 6) is 0.285. The summed E-state index contributed by atoms with van der Waals surface area (Å²) in [6, 6.07) is 18.7. The van der Waals surface area contributed by atoms with Crippen molar-refractivity contribution in [2.24, 2.45) is 0 Å². The summed E-state index contributed by atoms with van der Waals surface area (Å²) in [6.07, 6.45) is 3.22. The summed E-state index contributed by atoms with van der Waals surface area (Å²) in [6.45, 7) is 0. The number of rotatable bonds is 1. The smallest absolute Gasteiger partial charge is 0.252 e. The van der Waals surface area contributed by atoms with Gasteiger partial charge in [-0.15, -0.1) is 0 Å². The molecule has 0 saturated heterocycles. The van der Waals surface area contributed by atoms with Crippen molar-refractivity contribution >= 4 is 27.2 Å². The largest absolute Gasteiger partial charge is 0.359 e. The second-order valence-corrected chi connectivity index (χ2v) is 5.96. The van der Waals surface area contributed by atoms with Crippen molar-refractivity contribution in [1.29, 1.82) is 0 Å². The average Bonchev–Trinajstić information content (AvgIpc) is 2.68. The Morgan fingerprint density at radius 3 is 2.27 bits per heavy atom. The molecule has 0 fully saturated rings. The molecule has 5 rings (SSSR count). The fraction of sp³-hybridized carbons (Fsp3) is 0. The number of hydrogen-bond donors (Lipinski definition) is 0. The first-order chi connectivity index (χ1) is 12.7. The summed E-state index contributed by atoms with van der Waals surface area (Å²) in [7, 11) is 0. The first kappa shape index (κ1) is 14.5. The summed E-state index contributed by atoms with van der Waals surface area (Å²) < 4.78 is 2.40. The SMILES string of the molecule is O=c1nc2c3ccccc3ccn2c(=O)n1-c1nccc2ccccc12. The van der Waals surface area contributed by atoms with E-state index in [2.05, 4.69) is 9.97 Å². The van der Waals surface area contributed by atoms with Gasteiger partial charge in [-0.1, -0.05) is 48.5 Å². The van der Waals surface area contributed by atoms with Crippen LogP contribution in [0.2, 0.25) is 0 Å². The maximum absolute atomic E-state index is 13.1. The van der Waals surface area contributed by atoms with Crippen LogP contribution in [0.15, 0.2) is 82.6 Å². The van der Waals surface area contributed by atoms with Gasteiger partial charge in [-0.2, -0.15) is 9.55 Å². The van der Waals surface area contributed by atoms with E-state index in [-0.39, 0.29) is 5.82 Å². The first-order valence-electron chi connectivity index (χ1n) is 8.11. The maximum atomic E-state index is 13.1. The zero-order valence-corrected chi connectivity index (χ0v) is 13.5. The molecule has 0 radical (unpaired) electrons. The predicted molar refractivity (Wildman–Crippen MR) is 99.9 cm³/mol. The molecule has 0 aliphatic heterocycles. The Balaban J connectivity index is 1.94. The Kier molecular flexibility index (Phi) is 2.99. The van der Waals surface area contributed by atoms with Gasteiger partial charge in [0.2, 0.25) is 0 Å². The molecule has 0 saturated carbocycles. The summed E-state index contributed by atoms with van der Waals surface area (Å²) in [5, 5.41) is 3.28. The van der Waals surface area contributed by atoms with E-state index in [0.29, 0.717) is 5.65 Å². The zero-order valence-electron chi connectivity index (χ0n) is 13.5. The van der Waals surface area contributed by atoms with Crippen LogP contribution in [-0.4, -0.2) is 18.9 Å². The lowest BCUT2D eigenvalue weighted by atomic mass is 10.1. The minimum Gasteiger partial charge on any atom is -0.252 e. The topological polar surface area (TPSA) is 69.3 Å². The lowest BCUT2D eigenvalue weighted by Gasteiger charge is -2.10. The molecular formula is C20H12N4O2. The van der Waals surface area contributed by atoms with Crippen LogP contribution in [0.5, 0.6) is 0 Å². The van der Waals surface area contributed by atoms with Gasteiger partial charge in [0.1, 0.15) is 0 Å². The highest BCUT2D eigenvalue weighted by atomic mass is 16.2. The number of pyridine rings is 2. The molecule has 0 amide bonds. The Hall–Kier alpha value is -3.80. The Morgan fingerprint density at radius 2 is 1.46 bits per heavy atom. The van der Waals surface area contributed by atoms with Crippen LogP contribution in [0.4, 0.5) is 0 Å². The van der Waals surface area contributed by atoms with E-state index in [9.17, 15) is 9.59 Å². The number of nitrogens with zero attached hydrogens (tertiary/aromatic N) is 4. The second kappa shape index (κ2) is 5.35. The molecule has 0 spiro atoms. The van der Waals surface area contributed by atoms with Crippen LogP contribution in [-0.2, 0) is 0 Å². The molecule has 6 heteroatoms. The predicted octanol–water partition coefficient (Wildman–Crippen LogP) is 2.55. The molecule has 26 heavy (non-hydrogen) atoms. The van der Waals surface area contributed by atoms with Gasteiger partial charge in [0.15, 0.2) is 11.5 Å². The quantitative estimate of drug-likeness (QED) is 0.440. The molecule has 0 unspecified atom stereocenters. The van der Waals surface area contributed by atoms with Gasteiger partial charge < -0.3 is 0 Å². The van der Waals surface area contributed by atoms with Crippen molar-refractivity contribution in [2.75, 3.05) is 0 Å². The number of benzene rings is 2. The molecule has 2 aromatic carbocycles. The van der Waals surface area contributed by atoms with Gasteiger partial charge in [-0.05, 0) is 22.9 Å². The molecule has 3 aromatic heterocycles. The van der Waals surface area contributed by atoms with Crippen molar-refractivity contribution in [2.45, 2.75) is 0 Å². The molecule has 0 bridgehead atoms. The number of hydrogen-bond acceptors (Lipinski definition) is 4. The molecule has 6 nitrogen and oxygen atoms in total. The fourth-order valence-corrected chi connectivity index (χ4v) is 3.26. The Bertz CT molecular complexity index is 1430. The number of aromatic nitrogens is 4. The van der Waals surface area contributed by atoms with Gasteiger partial charge in [-0.25, -0.2) is 14.6 Å². The fourth-order valence-electron chi connectivity index (χ4n) is 3.26. The third kappa shape index (κ3) is 1.99. The first-order valence-corrected chi connectivity index (χ1v) is 8.11. The lowest BCUT2D eigenvalue weighted by Crippen LogP contribution is -2.38. The van der Waals surface area contributed by atoms with Crippen LogP contribution in [0.25, 0.3) is 33.0 Å². The van der Waals surface area contributed by atoms with Crippen molar-refractivity contribution in [1.82, 2.24) is 18.9 Å². The van der Waals surface area contributed by atoms with Crippen molar-refractivity contribution in [3.8, 4) is 5.82 Å².